The number of pyridine rings is 1. The predicted molar refractivity (Wildman–Crippen MR) is 68.5 cm³/mol. The van der Waals surface area contributed by atoms with Crippen molar-refractivity contribution in [1.82, 2.24) is 9.97 Å². The molecule has 2 heterocycles. The van der Waals surface area contributed by atoms with Gasteiger partial charge >= 0.3 is 0 Å². The normalized spacial score (nSPS) is 12.7. The number of benzene rings is 1. The molecule has 1 unspecified atom stereocenters. The van der Waals surface area contributed by atoms with Crippen molar-refractivity contribution in [2.45, 2.75) is 9.24 Å². The van der Waals surface area contributed by atoms with Crippen LogP contribution in [0.1, 0.15) is 0 Å². The van der Waals surface area contributed by atoms with Crippen molar-refractivity contribution >= 4 is 33.0 Å². The molecule has 0 N–H and O–H groups in total. The molecule has 0 bridgehead atoms. The van der Waals surface area contributed by atoms with Gasteiger partial charge in [-0.1, -0.05) is 24.3 Å². The van der Waals surface area contributed by atoms with Crippen LogP contribution in [0.3, 0.4) is 0 Å². The zero-order chi connectivity index (χ0) is 11.7. The third-order valence-electron chi connectivity index (χ3n) is 2.36. The summed E-state index contributed by atoms with van der Waals surface area (Å²) in [7, 11) is -1.23. The Hall–Kier alpha value is -1.59. The van der Waals surface area contributed by atoms with E-state index in [1.54, 1.807) is 17.8 Å². The summed E-state index contributed by atoms with van der Waals surface area (Å²) in [6.45, 7) is 0. The minimum atomic E-state index is -1.23. The maximum atomic E-state index is 12.2. The number of hydrogen-bond donors (Lipinski definition) is 0. The molecule has 0 amide bonds. The van der Waals surface area contributed by atoms with Crippen LogP contribution in [0.5, 0.6) is 0 Å². The van der Waals surface area contributed by atoms with E-state index < -0.39 is 10.8 Å². The molecule has 0 aliphatic heterocycles. The van der Waals surface area contributed by atoms with Gasteiger partial charge < -0.3 is 0 Å². The summed E-state index contributed by atoms with van der Waals surface area (Å²) in [4.78, 5) is 8.34. The summed E-state index contributed by atoms with van der Waals surface area (Å²) in [6.07, 6.45) is 1.62. The average Bonchev–Trinajstić information content (AvgIpc) is 2.91. The lowest BCUT2D eigenvalue weighted by molar-refractivity contribution is 0.682. The highest BCUT2D eigenvalue weighted by Gasteiger charge is 2.10. The number of nitrogens with zero attached hydrogens (tertiary/aromatic N) is 2. The Bertz CT molecular complexity index is 680. The maximum absolute atomic E-state index is 12.2. The van der Waals surface area contributed by atoms with Gasteiger partial charge in [-0.15, -0.1) is 11.3 Å². The molecule has 5 heteroatoms. The van der Waals surface area contributed by atoms with E-state index in [4.69, 9.17) is 0 Å². The molecule has 0 aliphatic carbocycles. The second-order valence-corrected chi connectivity index (χ2v) is 5.97. The summed E-state index contributed by atoms with van der Waals surface area (Å²) >= 11 is 1.38. The van der Waals surface area contributed by atoms with Crippen LogP contribution < -0.4 is 0 Å². The molecule has 0 saturated heterocycles. The highest BCUT2D eigenvalue weighted by molar-refractivity contribution is 7.87. The van der Waals surface area contributed by atoms with Crippen molar-refractivity contribution in [3.63, 3.8) is 0 Å². The van der Waals surface area contributed by atoms with E-state index in [1.807, 2.05) is 30.3 Å². The lowest BCUT2D eigenvalue weighted by Crippen LogP contribution is -1.94. The van der Waals surface area contributed by atoms with Crippen LogP contribution in [0, 0.1) is 0 Å². The van der Waals surface area contributed by atoms with Crippen LogP contribution in [-0.4, -0.2) is 14.2 Å². The van der Waals surface area contributed by atoms with Gasteiger partial charge in [-0.2, -0.15) is 0 Å². The van der Waals surface area contributed by atoms with Gasteiger partial charge in [-0.25, -0.2) is 9.19 Å². The summed E-state index contributed by atoms with van der Waals surface area (Å²) in [5, 5.41) is 1.63. The number of fused-ring (bicyclic) bond motifs is 1. The Kier molecular flexibility index (Phi) is 2.70. The van der Waals surface area contributed by atoms with E-state index in [0.717, 1.165) is 15.1 Å². The highest BCUT2D eigenvalue weighted by atomic mass is 32.2. The van der Waals surface area contributed by atoms with Crippen LogP contribution in [0.4, 0.5) is 0 Å². The van der Waals surface area contributed by atoms with E-state index in [2.05, 4.69) is 9.97 Å². The van der Waals surface area contributed by atoms with Crippen molar-refractivity contribution in [2.75, 3.05) is 0 Å². The number of hydrogen-bond acceptors (Lipinski definition) is 4. The summed E-state index contributed by atoms with van der Waals surface area (Å²) < 4.78 is 12.9. The van der Waals surface area contributed by atoms with Gasteiger partial charge in [0.1, 0.15) is 20.0 Å². The largest absolute Gasteiger partial charge is 0.252 e. The molecule has 0 aliphatic rings. The van der Waals surface area contributed by atoms with E-state index in [1.165, 1.54) is 11.3 Å². The fourth-order valence-corrected chi connectivity index (χ4v) is 3.37. The van der Waals surface area contributed by atoms with E-state index in [0.29, 0.717) is 5.03 Å². The summed E-state index contributed by atoms with van der Waals surface area (Å²) in [6, 6.07) is 11.5. The Labute approximate surface area is 105 Å². The average molecular weight is 260 g/mol. The minimum Gasteiger partial charge on any atom is -0.252 e. The lowest BCUT2D eigenvalue weighted by Gasteiger charge is -2.00. The van der Waals surface area contributed by atoms with Crippen LogP contribution in [0.25, 0.3) is 10.9 Å². The molecule has 1 aromatic carbocycles. The number of thiazole rings is 1. The Morgan fingerprint density at radius 2 is 2.00 bits per heavy atom. The number of aromatic nitrogens is 2. The predicted octanol–water partition coefficient (Wildman–Crippen LogP) is 2.86. The van der Waals surface area contributed by atoms with Crippen molar-refractivity contribution < 1.29 is 4.21 Å². The van der Waals surface area contributed by atoms with Gasteiger partial charge in [0, 0.05) is 5.39 Å². The molecule has 84 valence electrons. The first-order chi connectivity index (χ1) is 8.34. The summed E-state index contributed by atoms with van der Waals surface area (Å²) in [5.41, 5.74) is 2.54. The topological polar surface area (TPSA) is 42.9 Å². The lowest BCUT2D eigenvalue weighted by atomic mass is 10.2. The fraction of sp³-hybridized carbons (Fsp3) is 0. The number of para-hydroxylation sites is 1. The van der Waals surface area contributed by atoms with Crippen molar-refractivity contribution in [3.8, 4) is 0 Å². The van der Waals surface area contributed by atoms with Crippen molar-refractivity contribution in [2.24, 2.45) is 0 Å². The van der Waals surface area contributed by atoms with Gasteiger partial charge in [0.15, 0.2) is 0 Å². The van der Waals surface area contributed by atoms with Gasteiger partial charge in [0.25, 0.3) is 0 Å². The zero-order valence-corrected chi connectivity index (χ0v) is 10.4. The molecule has 0 spiro atoms. The molecule has 17 heavy (non-hydrogen) atoms. The van der Waals surface area contributed by atoms with Crippen molar-refractivity contribution in [3.05, 3.63) is 48.1 Å². The minimum absolute atomic E-state index is 0.577. The van der Waals surface area contributed by atoms with Gasteiger partial charge in [0.2, 0.25) is 0 Å². The SMILES string of the molecule is O=S(c1ccc2ccccc2n1)c1cncs1. The molecule has 0 radical (unpaired) electrons. The molecule has 2 aromatic heterocycles. The molecule has 3 rings (SSSR count). The summed E-state index contributed by atoms with van der Waals surface area (Å²) in [5.74, 6) is 0. The smallest absolute Gasteiger partial charge is 0.133 e. The van der Waals surface area contributed by atoms with Crippen LogP contribution >= 0.6 is 11.3 Å². The monoisotopic (exact) mass is 260 g/mol. The molecular formula is C12H8N2OS2. The first kappa shape index (κ1) is 10.6. The van der Waals surface area contributed by atoms with Crippen LogP contribution in [0.15, 0.2) is 57.3 Å². The Balaban J connectivity index is 2.09. The molecule has 0 saturated carbocycles. The zero-order valence-electron chi connectivity index (χ0n) is 8.74. The molecular weight excluding hydrogens is 252 g/mol. The molecule has 0 fully saturated rings. The second-order valence-electron chi connectivity index (χ2n) is 3.43. The van der Waals surface area contributed by atoms with E-state index >= 15 is 0 Å². The third-order valence-corrected chi connectivity index (χ3v) is 4.74. The fourth-order valence-electron chi connectivity index (χ4n) is 1.55. The third kappa shape index (κ3) is 1.99. The first-order valence-corrected chi connectivity index (χ1v) is 7.03. The van der Waals surface area contributed by atoms with Crippen molar-refractivity contribution in [1.29, 1.82) is 0 Å². The molecule has 1 atom stereocenters. The molecule has 3 aromatic rings. The Morgan fingerprint density at radius 1 is 1.12 bits per heavy atom. The van der Waals surface area contributed by atoms with Gasteiger partial charge in [-0.3, -0.25) is 4.98 Å². The van der Waals surface area contributed by atoms with Crippen LogP contribution in [0.2, 0.25) is 0 Å². The standard InChI is InChI=1S/C12H8N2OS2/c15-17(12-7-13-8-16-12)11-6-5-9-3-1-2-4-10(9)14-11/h1-8H. The van der Waals surface area contributed by atoms with E-state index in [-0.39, 0.29) is 0 Å². The first-order valence-electron chi connectivity index (χ1n) is 5.01. The quantitative estimate of drug-likeness (QED) is 0.711. The van der Waals surface area contributed by atoms with E-state index in [9.17, 15) is 4.21 Å². The van der Waals surface area contributed by atoms with Gasteiger partial charge in [-0.05, 0) is 12.1 Å². The molecule has 3 nitrogen and oxygen atoms in total. The van der Waals surface area contributed by atoms with Crippen LogP contribution in [-0.2, 0) is 10.8 Å². The Morgan fingerprint density at radius 3 is 2.82 bits per heavy atom. The number of rotatable bonds is 2. The van der Waals surface area contributed by atoms with Gasteiger partial charge in [0.05, 0.1) is 17.2 Å². The second kappa shape index (κ2) is 4.35. The highest BCUT2D eigenvalue weighted by Crippen LogP contribution is 2.20. The maximum Gasteiger partial charge on any atom is 0.133 e.